The van der Waals surface area contributed by atoms with Crippen molar-refractivity contribution in [3.63, 3.8) is 0 Å². The number of fused-ring (bicyclic) bond motifs is 1. The maximum absolute atomic E-state index is 14.0. The zero-order valence-electron chi connectivity index (χ0n) is 21.7. The molecule has 3 atom stereocenters. The number of nitrogens with zero attached hydrogens (tertiary/aromatic N) is 2. The summed E-state index contributed by atoms with van der Waals surface area (Å²) in [5, 5.41) is 3.49. The zero-order valence-corrected chi connectivity index (χ0v) is 22.5. The molecule has 3 heterocycles. The predicted octanol–water partition coefficient (Wildman–Crippen LogP) is 4.76. The Morgan fingerprint density at radius 3 is 2.62 bits per heavy atom. The minimum absolute atomic E-state index is 0.0174. The fourth-order valence-electron chi connectivity index (χ4n) is 5.82. The second kappa shape index (κ2) is 9.53. The van der Waals surface area contributed by atoms with Crippen molar-refractivity contribution in [1.29, 1.82) is 0 Å². The average Bonchev–Trinajstić information content (AvgIpc) is 3.43. The van der Waals surface area contributed by atoms with E-state index >= 15 is 0 Å². The number of methoxy groups -OCH3 is 2. The summed E-state index contributed by atoms with van der Waals surface area (Å²) in [6.07, 6.45) is 6.56. The zero-order chi connectivity index (χ0) is 27.3. The van der Waals surface area contributed by atoms with Crippen molar-refractivity contribution < 1.29 is 27.4 Å². The lowest BCUT2D eigenvalue weighted by atomic mass is 9.72. The predicted molar refractivity (Wildman–Crippen MR) is 147 cm³/mol. The van der Waals surface area contributed by atoms with Crippen LogP contribution >= 0.6 is 0 Å². The molecule has 0 aromatic heterocycles. The molecule has 10 heteroatoms. The number of sulfone groups is 1. The number of Topliss-reactive ketones (excluding diaryl/α,β-unsaturated/α-hetero) is 1. The van der Waals surface area contributed by atoms with Gasteiger partial charge < -0.3 is 14.2 Å². The molecule has 39 heavy (non-hydrogen) atoms. The first-order chi connectivity index (χ1) is 18.9. The second-order valence-electron chi connectivity index (χ2n) is 9.77. The van der Waals surface area contributed by atoms with Crippen molar-refractivity contribution in [2.24, 2.45) is 16.0 Å². The number of anilines is 1. The second-order valence-corrected chi connectivity index (χ2v) is 11.6. The first kappa shape index (κ1) is 25.1. The molecule has 1 N–H and O–H groups in total. The molecule has 0 spiro atoms. The Morgan fingerprint density at radius 1 is 1.08 bits per heavy atom. The lowest BCUT2D eigenvalue weighted by Gasteiger charge is -2.34. The van der Waals surface area contributed by atoms with Gasteiger partial charge in [-0.25, -0.2) is 8.42 Å². The van der Waals surface area contributed by atoms with Crippen LogP contribution in [0, 0.1) is 5.92 Å². The number of benzene rings is 2. The van der Waals surface area contributed by atoms with Crippen molar-refractivity contribution >= 4 is 32.6 Å². The van der Waals surface area contributed by atoms with Crippen molar-refractivity contribution in [2.45, 2.75) is 36.7 Å². The molecule has 3 unspecified atom stereocenters. The number of hydrogen-bond acceptors (Lipinski definition) is 9. The fourth-order valence-corrected chi connectivity index (χ4v) is 7.49. The van der Waals surface area contributed by atoms with Gasteiger partial charge in [-0.3, -0.25) is 15.2 Å². The van der Waals surface area contributed by atoms with Crippen LogP contribution in [0.3, 0.4) is 0 Å². The SMILES string of the molecule is CO/C1=C/N=CC(c2ccc(OC)c3c2S(=O)(=O)/C(=N/Nc2ccccc2)C3=O)C2=C3C1=COC3CCC2C. The number of ketones is 1. The van der Waals surface area contributed by atoms with Crippen LogP contribution in [0.25, 0.3) is 0 Å². The van der Waals surface area contributed by atoms with E-state index in [2.05, 4.69) is 22.4 Å². The molecule has 0 radical (unpaired) electrons. The molecule has 4 aliphatic rings. The van der Waals surface area contributed by atoms with Gasteiger partial charge in [-0.15, -0.1) is 0 Å². The number of rotatable bonds is 5. The lowest BCUT2D eigenvalue weighted by molar-refractivity contribution is 0.106. The van der Waals surface area contributed by atoms with Crippen molar-refractivity contribution in [2.75, 3.05) is 19.6 Å². The summed E-state index contributed by atoms with van der Waals surface area (Å²) in [5.74, 6) is -0.374. The van der Waals surface area contributed by atoms with Gasteiger partial charge in [0, 0.05) is 17.7 Å². The first-order valence-electron chi connectivity index (χ1n) is 12.6. The molecule has 0 amide bonds. The van der Waals surface area contributed by atoms with Gasteiger partial charge in [0.05, 0.1) is 48.4 Å². The van der Waals surface area contributed by atoms with E-state index in [1.165, 1.54) is 7.11 Å². The summed E-state index contributed by atoms with van der Waals surface area (Å²) in [7, 11) is -1.30. The van der Waals surface area contributed by atoms with E-state index in [0.29, 0.717) is 17.0 Å². The van der Waals surface area contributed by atoms with Gasteiger partial charge >= 0.3 is 0 Å². The van der Waals surface area contributed by atoms with Crippen LogP contribution in [0.15, 0.2) is 92.4 Å². The van der Waals surface area contributed by atoms with Gasteiger partial charge in [-0.1, -0.05) is 31.2 Å². The smallest absolute Gasteiger partial charge is 0.230 e. The lowest BCUT2D eigenvalue weighted by Crippen LogP contribution is -2.27. The maximum atomic E-state index is 14.0. The van der Waals surface area contributed by atoms with Crippen LogP contribution < -0.4 is 10.2 Å². The van der Waals surface area contributed by atoms with Gasteiger partial charge in [0.1, 0.15) is 17.6 Å². The van der Waals surface area contributed by atoms with E-state index in [4.69, 9.17) is 14.2 Å². The summed E-state index contributed by atoms with van der Waals surface area (Å²) in [5.41, 5.74) is 6.50. The fraction of sp³-hybridized carbons (Fsp3) is 0.276. The Kier molecular flexibility index (Phi) is 6.14. The number of hydrazone groups is 1. The van der Waals surface area contributed by atoms with Crippen LogP contribution in [-0.2, 0) is 19.3 Å². The monoisotopic (exact) mass is 545 g/mol. The van der Waals surface area contributed by atoms with Crippen LogP contribution in [0.4, 0.5) is 5.69 Å². The number of nitrogens with one attached hydrogen (secondary N) is 1. The molecule has 9 nitrogen and oxygen atoms in total. The van der Waals surface area contributed by atoms with E-state index in [1.54, 1.807) is 62.2 Å². The van der Waals surface area contributed by atoms with Gasteiger partial charge in [0.25, 0.3) is 0 Å². The summed E-state index contributed by atoms with van der Waals surface area (Å²) in [6, 6.07) is 12.2. The van der Waals surface area contributed by atoms with E-state index in [9.17, 15) is 13.2 Å². The Labute approximate surface area is 226 Å². The number of carbonyl (C=O) groups is 1. The number of hydrogen-bond donors (Lipinski definition) is 1. The maximum Gasteiger partial charge on any atom is 0.230 e. The number of para-hydroxylation sites is 1. The molecular weight excluding hydrogens is 518 g/mol. The Bertz CT molecular complexity index is 1640. The Balaban J connectivity index is 1.56. The summed E-state index contributed by atoms with van der Waals surface area (Å²) >= 11 is 0. The van der Waals surface area contributed by atoms with Crippen LogP contribution in [-0.4, -0.2) is 45.8 Å². The number of ether oxygens (including phenoxy) is 3. The van der Waals surface area contributed by atoms with E-state index < -0.39 is 26.6 Å². The van der Waals surface area contributed by atoms with E-state index in [1.807, 2.05) is 6.07 Å². The van der Waals surface area contributed by atoms with Crippen molar-refractivity contribution in [1.82, 2.24) is 0 Å². The highest BCUT2D eigenvalue weighted by Crippen LogP contribution is 2.50. The number of carbonyl (C=O) groups excluding carboxylic acids is 1. The van der Waals surface area contributed by atoms with Gasteiger partial charge in [0.2, 0.25) is 20.7 Å². The molecule has 200 valence electrons. The third-order valence-corrected chi connectivity index (χ3v) is 9.39. The molecule has 6 rings (SSSR count). The number of aliphatic imine (C=N–C) groups is 1. The molecule has 0 saturated heterocycles. The number of allylic oxidation sites excluding steroid dienone is 2. The van der Waals surface area contributed by atoms with Gasteiger partial charge in [-0.2, -0.15) is 5.10 Å². The van der Waals surface area contributed by atoms with Gasteiger partial charge in [0.15, 0.2) is 0 Å². The molecule has 0 fully saturated rings. The summed E-state index contributed by atoms with van der Waals surface area (Å²) in [4.78, 5) is 18.0. The Hall–Kier alpha value is -4.18. The van der Waals surface area contributed by atoms with Crippen LogP contribution in [0.1, 0.15) is 41.6 Å². The highest BCUT2D eigenvalue weighted by molar-refractivity contribution is 8.09. The molecular formula is C29H27N3O6S. The quantitative estimate of drug-likeness (QED) is 0.539. The van der Waals surface area contributed by atoms with Crippen molar-refractivity contribution in [3.05, 3.63) is 88.5 Å². The minimum atomic E-state index is -4.29. The third-order valence-electron chi connectivity index (χ3n) is 7.62. The van der Waals surface area contributed by atoms with Crippen LogP contribution in [0.2, 0.25) is 0 Å². The summed E-state index contributed by atoms with van der Waals surface area (Å²) < 4.78 is 45.1. The Morgan fingerprint density at radius 2 is 1.87 bits per heavy atom. The van der Waals surface area contributed by atoms with Crippen LogP contribution in [0.5, 0.6) is 5.75 Å². The molecule has 1 aliphatic carbocycles. The normalized spacial score (nSPS) is 27.0. The first-order valence-corrected chi connectivity index (χ1v) is 14.1. The summed E-state index contributed by atoms with van der Waals surface area (Å²) in [6.45, 7) is 2.12. The molecule has 0 bridgehead atoms. The van der Waals surface area contributed by atoms with E-state index in [0.717, 1.165) is 29.6 Å². The van der Waals surface area contributed by atoms with Gasteiger partial charge in [-0.05, 0) is 48.1 Å². The third kappa shape index (κ3) is 3.89. The topological polar surface area (TPSA) is 116 Å². The van der Waals surface area contributed by atoms with Crippen molar-refractivity contribution in [3.8, 4) is 5.75 Å². The minimum Gasteiger partial charge on any atom is -0.496 e. The largest absolute Gasteiger partial charge is 0.496 e. The van der Waals surface area contributed by atoms with E-state index in [-0.39, 0.29) is 28.2 Å². The average molecular weight is 546 g/mol. The molecule has 3 aliphatic heterocycles. The highest BCUT2D eigenvalue weighted by atomic mass is 32.2. The molecule has 0 saturated carbocycles. The molecule has 2 aromatic carbocycles. The standard InChI is InChI=1S/C29H27N3O6S/c1-16-9-11-22-25-20(15-38-22)23(37-3)14-30-13-19(24(16)25)18-10-12-21(36-2)26-27(33)29(39(34,35)28(18)26)32-31-17-7-5-4-6-8-17/h4-8,10,12-16,19,22,31H,9,11H2,1-3H3/b23-14+,30-13?,32-29+. The molecule has 2 aromatic rings. The highest BCUT2D eigenvalue weighted by Gasteiger charge is 2.48.